The summed E-state index contributed by atoms with van der Waals surface area (Å²) in [7, 11) is 0. The second-order valence-corrected chi connectivity index (χ2v) is 5.04. The van der Waals surface area contributed by atoms with Gasteiger partial charge in [0.1, 0.15) is 18.1 Å². The van der Waals surface area contributed by atoms with Crippen molar-refractivity contribution < 1.29 is 9.47 Å². The van der Waals surface area contributed by atoms with Crippen LogP contribution in [0.4, 0.5) is 0 Å². The molecule has 19 heavy (non-hydrogen) atoms. The molecule has 0 aliphatic carbocycles. The molecule has 0 atom stereocenters. The lowest BCUT2D eigenvalue weighted by Crippen LogP contribution is -2.22. The molecule has 0 aliphatic heterocycles. The molecule has 0 unspecified atom stereocenters. The van der Waals surface area contributed by atoms with Crippen LogP contribution in [0, 0.1) is 5.92 Å². The van der Waals surface area contributed by atoms with Crippen LogP contribution >= 0.6 is 0 Å². The average Bonchev–Trinajstić information content (AvgIpc) is 2.39. The van der Waals surface area contributed by atoms with Crippen molar-refractivity contribution in [3.63, 3.8) is 0 Å². The van der Waals surface area contributed by atoms with Crippen molar-refractivity contribution in [3.8, 4) is 11.5 Å². The highest BCUT2D eigenvalue weighted by molar-refractivity contribution is 5.31. The quantitative estimate of drug-likeness (QED) is 0.657. The Morgan fingerprint density at radius 3 is 2.21 bits per heavy atom. The van der Waals surface area contributed by atoms with Crippen molar-refractivity contribution in [2.75, 3.05) is 26.3 Å². The molecule has 0 saturated carbocycles. The van der Waals surface area contributed by atoms with Crippen molar-refractivity contribution in [1.82, 2.24) is 5.32 Å². The first-order chi connectivity index (χ1) is 9.22. The smallest absolute Gasteiger partial charge is 0.119 e. The van der Waals surface area contributed by atoms with Gasteiger partial charge in [0.25, 0.3) is 0 Å². The summed E-state index contributed by atoms with van der Waals surface area (Å²) in [5.74, 6) is 2.58. The molecule has 1 aromatic rings. The lowest BCUT2D eigenvalue weighted by molar-refractivity contribution is 0.310. The predicted octanol–water partition coefficient (Wildman–Crippen LogP) is 3.49. The molecule has 1 aromatic carbocycles. The van der Waals surface area contributed by atoms with E-state index in [1.54, 1.807) is 0 Å². The van der Waals surface area contributed by atoms with Gasteiger partial charge in [-0.15, -0.1) is 0 Å². The zero-order valence-electron chi connectivity index (χ0n) is 12.4. The van der Waals surface area contributed by atoms with Crippen molar-refractivity contribution in [2.45, 2.75) is 33.6 Å². The minimum absolute atomic E-state index is 0.695. The molecule has 0 radical (unpaired) electrons. The minimum Gasteiger partial charge on any atom is -0.494 e. The molecule has 0 spiro atoms. The number of benzene rings is 1. The summed E-state index contributed by atoms with van der Waals surface area (Å²) in [6, 6.07) is 7.78. The summed E-state index contributed by atoms with van der Waals surface area (Å²) >= 11 is 0. The van der Waals surface area contributed by atoms with Gasteiger partial charge in [0.15, 0.2) is 0 Å². The number of nitrogens with one attached hydrogen (secondary N) is 1. The van der Waals surface area contributed by atoms with Crippen molar-refractivity contribution in [1.29, 1.82) is 0 Å². The Kier molecular flexibility index (Phi) is 8.07. The van der Waals surface area contributed by atoms with Crippen LogP contribution in [0.1, 0.15) is 33.6 Å². The van der Waals surface area contributed by atoms with Crippen LogP contribution in [0.3, 0.4) is 0 Å². The van der Waals surface area contributed by atoms with E-state index in [-0.39, 0.29) is 0 Å². The topological polar surface area (TPSA) is 30.5 Å². The Morgan fingerprint density at radius 2 is 1.63 bits per heavy atom. The van der Waals surface area contributed by atoms with E-state index in [0.29, 0.717) is 13.2 Å². The lowest BCUT2D eigenvalue weighted by Gasteiger charge is -2.09. The fourth-order valence-corrected chi connectivity index (χ4v) is 1.80. The molecule has 0 saturated heterocycles. The highest BCUT2D eigenvalue weighted by Crippen LogP contribution is 2.17. The van der Waals surface area contributed by atoms with Gasteiger partial charge in [-0.2, -0.15) is 0 Å². The molecule has 0 heterocycles. The maximum Gasteiger partial charge on any atom is 0.119 e. The molecule has 1 rings (SSSR count). The van der Waals surface area contributed by atoms with Crippen LogP contribution in [0.15, 0.2) is 24.3 Å². The van der Waals surface area contributed by atoms with Crippen LogP contribution in [0.5, 0.6) is 11.5 Å². The molecule has 0 amide bonds. The first-order valence-corrected chi connectivity index (χ1v) is 7.28. The molecule has 3 nitrogen and oxygen atoms in total. The summed E-state index contributed by atoms with van der Waals surface area (Å²) in [6.45, 7) is 9.87. The highest BCUT2D eigenvalue weighted by atomic mass is 16.5. The van der Waals surface area contributed by atoms with Gasteiger partial charge in [0.05, 0.1) is 6.61 Å². The molecule has 0 fully saturated rings. The second-order valence-electron chi connectivity index (χ2n) is 5.04. The maximum absolute atomic E-state index is 5.65. The summed E-state index contributed by atoms with van der Waals surface area (Å²) in [5, 5.41) is 3.39. The largest absolute Gasteiger partial charge is 0.494 e. The molecule has 3 heteroatoms. The number of ether oxygens (including phenoxy) is 2. The van der Waals surface area contributed by atoms with E-state index in [9.17, 15) is 0 Å². The standard InChI is InChI=1S/C16H27NO2/c1-4-18-15-7-9-16(10-8-15)19-13-12-17-11-5-6-14(2)3/h7-10,14,17H,4-6,11-13H2,1-3H3. The first kappa shape index (κ1) is 15.8. The lowest BCUT2D eigenvalue weighted by atomic mass is 10.1. The highest BCUT2D eigenvalue weighted by Gasteiger charge is 1.96. The van der Waals surface area contributed by atoms with Gasteiger partial charge in [-0.25, -0.2) is 0 Å². The minimum atomic E-state index is 0.695. The van der Waals surface area contributed by atoms with Gasteiger partial charge in [-0.1, -0.05) is 13.8 Å². The van der Waals surface area contributed by atoms with Gasteiger partial charge in [-0.05, 0) is 56.5 Å². The molecular formula is C16H27NO2. The molecular weight excluding hydrogens is 238 g/mol. The monoisotopic (exact) mass is 265 g/mol. The zero-order chi connectivity index (χ0) is 13.9. The summed E-state index contributed by atoms with van der Waals surface area (Å²) in [5.41, 5.74) is 0. The van der Waals surface area contributed by atoms with Gasteiger partial charge in [-0.3, -0.25) is 0 Å². The van der Waals surface area contributed by atoms with Crippen molar-refractivity contribution in [2.24, 2.45) is 5.92 Å². The summed E-state index contributed by atoms with van der Waals surface area (Å²) in [6.07, 6.45) is 2.52. The molecule has 1 N–H and O–H groups in total. The molecule has 0 bridgehead atoms. The van der Waals surface area contributed by atoms with Crippen LogP contribution in [0.2, 0.25) is 0 Å². The number of rotatable bonds is 10. The second kappa shape index (κ2) is 9.68. The Hall–Kier alpha value is -1.22. The van der Waals surface area contributed by atoms with Crippen LogP contribution < -0.4 is 14.8 Å². The number of hydrogen-bond acceptors (Lipinski definition) is 3. The van der Waals surface area contributed by atoms with Gasteiger partial charge in [0.2, 0.25) is 0 Å². The number of hydrogen-bond donors (Lipinski definition) is 1. The third kappa shape index (κ3) is 7.73. The maximum atomic E-state index is 5.65. The van der Waals surface area contributed by atoms with Crippen LogP contribution in [-0.2, 0) is 0 Å². The summed E-state index contributed by atoms with van der Waals surface area (Å²) in [4.78, 5) is 0. The molecule has 0 aromatic heterocycles. The SMILES string of the molecule is CCOc1ccc(OCCNCCCC(C)C)cc1. The molecule has 108 valence electrons. The van der Waals surface area contributed by atoms with E-state index in [2.05, 4.69) is 19.2 Å². The normalized spacial score (nSPS) is 10.7. The van der Waals surface area contributed by atoms with E-state index in [1.807, 2.05) is 31.2 Å². The van der Waals surface area contributed by atoms with E-state index in [4.69, 9.17) is 9.47 Å². The van der Waals surface area contributed by atoms with E-state index < -0.39 is 0 Å². The van der Waals surface area contributed by atoms with Crippen LogP contribution in [0.25, 0.3) is 0 Å². The van der Waals surface area contributed by atoms with E-state index in [0.717, 1.165) is 30.5 Å². The third-order valence-electron chi connectivity index (χ3n) is 2.82. The van der Waals surface area contributed by atoms with E-state index >= 15 is 0 Å². The van der Waals surface area contributed by atoms with Gasteiger partial charge in [0, 0.05) is 6.54 Å². The zero-order valence-corrected chi connectivity index (χ0v) is 12.4. The fraction of sp³-hybridized carbons (Fsp3) is 0.625. The first-order valence-electron chi connectivity index (χ1n) is 7.28. The van der Waals surface area contributed by atoms with Crippen molar-refractivity contribution in [3.05, 3.63) is 24.3 Å². The Balaban J connectivity index is 2.05. The Labute approximate surface area is 117 Å². The fourth-order valence-electron chi connectivity index (χ4n) is 1.80. The third-order valence-corrected chi connectivity index (χ3v) is 2.82. The average molecular weight is 265 g/mol. The Morgan fingerprint density at radius 1 is 1.00 bits per heavy atom. The van der Waals surface area contributed by atoms with Crippen LogP contribution in [-0.4, -0.2) is 26.3 Å². The Bertz CT molecular complexity index is 322. The van der Waals surface area contributed by atoms with Gasteiger partial charge >= 0.3 is 0 Å². The molecule has 0 aliphatic rings. The van der Waals surface area contributed by atoms with Gasteiger partial charge < -0.3 is 14.8 Å². The summed E-state index contributed by atoms with van der Waals surface area (Å²) < 4.78 is 11.0. The predicted molar refractivity (Wildman–Crippen MR) is 80.0 cm³/mol. The van der Waals surface area contributed by atoms with Crippen molar-refractivity contribution >= 4 is 0 Å². The van der Waals surface area contributed by atoms with E-state index in [1.165, 1.54) is 12.8 Å².